The van der Waals surface area contributed by atoms with Crippen LogP contribution in [-0.2, 0) is 14.8 Å². The summed E-state index contributed by atoms with van der Waals surface area (Å²) in [5.74, 6) is -2.55. The van der Waals surface area contributed by atoms with Crippen LogP contribution in [0.15, 0.2) is 12.1 Å². The number of nitro benzene ring substituents is 1. The average molecular weight is 304 g/mol. The second kappa shape index (κ2) is 4.85. The first kappa shape index (κ1) is 13.9. The number of nitrogens with zero attached hydrogens (tertiary/aromatic N) is 1. The van der Waals surface area contributed by atoms with Gasteiger partial charge in [-0.25, -0.2) is 8.42 Å². The van der Waals surface area contributed by atoms with Gasteiger partial charge >= 0.3 is 5.97 Å². The summed E-state index contributed by atoms with van der Waals surface area (Å²) < 4.78 is 34.8. The Hall–Kier alpha value is -2.56. The minimum Gasteiger partial charge on any atom is -0.480 e. The fourth-order valence-electron chi connectivity index (χ4n) is 1.53. The fraction of sp³-hybridized carbons (Fsp3) is 0.222. The SMILES string of the molecule is O=C(O)CS(=O)(=O)Nc1cc2c(cc1[N+](=O)[O-])OCO2. The zero-order valence-corrected chi connectivity index (χ0v) is 10.5. The molecule has 0 fully saturated rings. The number of aliphatic carboxylic acids is 1. The molecule has 0 atom stereocenters. The first-order valence-corrected chi connectivity index (χ1v) is 6.74. The standard InChI is InChI=1S/C9H8N2O8S/c12-9(13)3-20(16,17)10-5-1-7-8(19-4-18-7)2-6(5)11(14)15/h1-2,10H,3-4H2,(H,12,13). The monoisotopic (exact) mass is 304 g/mol. The lowest BCUT2D eigenvalue weighted by molar-refractivity contribution is -0.383. The van der Waals surface area contributed by atoms with Crippen molar-refractivity contribution in [3.63, 3.8) is 0 Å². The van der Waals surface area contributed by atoms with Crippen molar-refractivity contribution in [3.8, 4) is 11.5 Å². The number of rotatable bonds is 5. The van der Waals surface area contributed by atoms with Crippen LogP contribution in [0.4, 0.5) is 11.4 Å². The summed E-state index contributed by atoms with van der Waals surface area (Å²) in [6.07, 6.45) is 0. The first-order chi connectivity index (χ1) is 9.28. The molecule has 1 aliphatic heterocycles. The van der Waals surface area contributed by atoms with Crippen molar-refractivity contribution in [2.75, 3.05) is 17.3 Å². The molecule has 0 radical (unpaired) electrons. The number of benzene rings is 1. The number of hydrogen-bond donors (Lipinski definition) is 2. The van der Waals surface area contributed by atoms with Gasteiger partial charge in [0.1, 0.15) is 5.69 Å². The van der Waals surface area contributed by atoms with Crippen LogP contribution >= 0.6 is 0 Å². The van der Waals surface area contributed by atoms with Gasteiger partial charge in [-0.05, 0) is 0 Å². The highest BCUT2D eigenvalue weighted by atomic mass is 32.2. The molecule has 108 valence electrons. The van der Waals surface area contributed by atoms with E-state index in [1.807, 2.05) is 4.72 Å². The molecule has 0 aliphatic carbocycles. The first-order valence-electron chi connectivity index (χ1n) is 5.09. The maximum Gasteiger partial charge on any atom is 0.320 e. The lowest BCUT2D eigenvalue weighted by atomic mass is 10.2. The van der Waals surface area contributed by atoms with E-state index in [2.05, 4.69) is 0 Å². The number of hydrogen-bond acceptors (Lipinski definition) is 7. The smallest absolute Gasteiger partial charge is 0.320 e. The largest absolute Gasteiger partial charge is 0.480 e. The highest BCUT2D eigenvalue weighted by Crippen LogP contribution is 2.40. The topological polar surface area (TPSA) is 145 Å². The summed E-state index contributed by atoms with van der Waals surface area (Å²) in [7, 11) is -4.26. The third-order valence-corrected chi connectivity index (χ3v) is 3.42. The van der Waals surface area contributed by atoms with Gasteiger partial charge in [-0.3, -0.25) is 19.6 Å². The molecule has 0 unspecified atom stereocenters. The van der Waals surface area contributed by atoms with Crippen molar-refractivity contribution in [3.05, 3.63) is 22.2 Å². The van der Waals surface area contributed by atoms with Crippen molar-refractivity contribution in [1.29, 1.82) is 0 Å². The third-order valence-electron chi connectivity index (χ3n) is 2.27. The van der Waals surface area contributed by atoms with E-state index in [0.29, 0.717) is 0 Å². The van der Waals surface area contributed by atoms with Crippen LogP contribution in [0.2, 0.25) is 0 Å². The number of anilines is 1. The van der Waals surface area contributed by atoms with Gasteiger partial charge in [0.25, 0.3) is 5.69 Å². The summed E-state index contributed by atoms with van der Waals surface area (Å²) >= 11 is 0. The molecule has 0 aromatic heterocycles. The maximum absolute atomic E-state index is 11.5. The van der Waals surface area contributed by atoms with E-state index in [0.717, 1.165) is 12.1 Å². The predicted octanol–water partition coefficient (Wildman–Crippen LogP) is 0.150. The minimum absolute atomic E-state index is 0.109. The number of sulfonamides is 1. The van der Waals surface area contributed by atoms with E-state index in [1.54, 1.807) is 0 Å². The zero-order chi connectivity index (χ0) is 14.9. The number of carboxylic acid groups (broad SMARTS) is 1. The number of nitrogens with one attached hydrogen (secondary N) is 1. The quantitative estimate of drug-likeness (QED) is 0.577. The van der Waals surface area contributed by atoms with Crippen LogP contribution < -0.4 is 14.2 Å². The van der Waals surface area contributed by atoms with Gasteiger partial charge < -0.3 is 14.6 Å². The van der Waals surface area contributed by atoms with Gasteiger partial charge in [0.15, 0.2) is 17.3 Å². The Morgan fingerprint density at radius 1 is 1.40 bits per heavy atom. The molecular formula is C9H8N2O8S. The summed E-state index contributed by atoms with van der Waals surface area (Å²) in [5.41, 5.74) is -0.955. The number of carbonyl (C=O) groups is 1. The summed E-state index contributed by atoms with van der Waals surface area (Å²) in [5, 5.41) is 19.4. The Labute approximate surface area is 112 Å². The molecular weight excluding hydrogens is 296 g/mol. The molecule has 10 nitrogen and oxygen atoms in total. The van der Waals surface area contributed by atoms with Gasteiger partial charge in [-0.15, -0.1) is 0 Å². The third kappa shape index (κ3) is 2.88. The number of carboxylic acids is 1. The van der Waals surface area contributed by atoms with Crippen molar-refractivity contribution in [2.24, 2.45) is 0 Å². The zero-order valence-electron chi connectivity index (χ0n) is 9.73. The van der Waals surface area contributed by atoms with E-state index in [4.69, 9.17) is 14.6 Å². The molecule has 20 heavy (non-hydrogen) atoms. The fourth-order valence-corrected chi connectivity index (χ4v) is 2.43. The van der Waals surface area contributed by atoms with E-state index in [9.17, 15) is 23.3 Å². The van der Waals surface area contributed by atoms with Crippen LogP contribution in [0.1, 0.15) is 0 Å². The Bertz CT molecular complexity index is 683. The molecule has 1 aromatic carbocycles. The van der Waals surface area contributed by atoms with Crippen molar-refractivity contribution < 1.29 is 32.7 Å². The Balaban J connectivity index is 2.41. The van der Waals surface area contributed by atoms with E-state index in [1.165, 1.54) is 0 Å². The Morgan fingerprint density at radius 3 is 2.55 bits per heavy atom. The molecule has 0 saturated carbocycles. The molecule has 2 N–H and O–H groups in total. The van der Waals surface area contributed by atoms with Gasteiger partial charge in [-0.2, -0.15) is 0 Å². The Morgan fingerprint density at radius 2 is 2.00 bits per heavy atom. The molecule has 1 heterocycles. The van der Waals surface area contributed by atoms with Crippen molar-refractivity contribution in [1.82, 2.24) is 0 Å². The van der Waals surface area contributed by atoms with Gasteiger partial charge in [0.2, 0.25) is 16.8 Å². The van der Waals surface area contributed by atoms with Crippen LogP contribution in [-0.4, -0.2) is 37.0 Å². The van der Waals surface area contributed by atoms with Gasteiger partial charge in [0.05, 0.1) is 11.0 Å². The predicted molar refractivity (Wildman–Crippen MR) is 64.3 cm³/mol. The molecule has 0 spiro atoms. The molecule has 1 aliphatic rings. The van der Waals surface area contributed by atoms with Crippen LogP contribution in [0.25, 0.3) is 0 Å². The number of ether oxygens (including phenoxy) is 2. The van der Waals surface area contributed by atoms with Crippen molar-refractivity contribution in [2.45, 2.75) is 0 Å². The Kier molecular flexibility index (Phi) is 3.36. The molecule has 0 saturated heterocycles. The second-order valence-corrected chi connectivity index (χ2v) is 5.46. The normalized spacial score (nSPS) is 13.0. The number of fused-ring (bicyclic) bond motifs is 1. The van der Waals surface area contributed by atoms with Crippen LogP contribution in [0.5, 0.6) is 11.5 Å². The summed E-state index contributed by atoms with van der Waals surface area (Å²) in [6, 6.07) is 2.07. The lowest BCUT2D eigenvalue weighted by Crippen LogP contribution is -2.22. The lowest BCUT2D eigenvalue weighted by Gasteiger charge is -2.07. The number of nitro groups is 1. The summed E-state index contributed by atoms with van der Waals surface area (Å²) in [4.78, 5) is 20.5. The molecule has 0 bridgehead atoms. The van der Waals surface area contributed by atoms with Gasteiger partial charge in [0, 0.05) is 6.07 Å². The van der Waals surface area contributed by atoms with E-state index in [-0.39, 0.29) is 24.0 Å². The highest BCUT2D eigenvalue weighted by Gasteiger charge is 2.26. The van der Waals surface area contributed by atoms with Crippen LogP contribution in [0, 0.1) is 10.1 Å². The summed E-state index contributed by atoms with van der Waals surface area (Å²) in [6.45, 7) is -0.141. The van der Waals surface area contributed by atoms with Gasteiger partial charge in [-0.1, -0.05) is 0 Å². The maximum atomic E-state index is 11.5. The molecule has 2 rings (SSSR count). The van der Waals surface area contributed by atoms with E-state index >= 15 is 0 Å². The molecule has 0 amide bonds. The van der Waals surface area contributed by atoms with Crippen molar-refractivity contribution >= 4 is 27.4 Å². The second-order valence-electron chi connectivity index (χ2n) is 3.73. The average Bonchev–Trinajstić information content (AvgIpc) is 2.71. The minimum atomic E-state index is -4.26. The molecule has 11 heteroatoms. The van der Waals surface area contributed by atoms with Crippen LogP contribution in [0.3, 0.4) is 0 Å². The van der Waals surface area contributed by atoms with E-state index < -0.39 is 32.4 Å². The molecule has 1 aromatic rings. The highest BCUT2D eigenvalue weighted by molar-refractivity contribution is 7.93.